The average molecular weight is 185 g/mol. The molecule has 0 aromatic heterocycles. The third-order valence-electron chi connectivity index (χ3n) is 3.16. The molecular weight excluding hydrogens is 162 g/mol. The van der Waals surface area contributed by atoms with Crippen LogP contribution in [0.2, 0.25) is 0 Å². The fraction of sp³-hybridized carbons (Fsp3) is 1.00. The van der Waals surface area contributed by atoms with E-state index in [1.807, 2.05) is 0 Å². The lowest BCUT2D eigenvalue weighted by Crippen LogP contribution is -2.48. The molecule has 2 N–H and O–H groups in total. The smallest absolute Gasteiger partial charge is 0.0832 e. The van der Waals surface area contributed by atoms with Gasteiger partial charge in [0.25, 0.3) is 0 Å². The monoisotopic (exact) mass is 185 g/mol. The largest absolute Gasteiger partial charge is 0.374 e. The Hall–Kier alpha value is -0.0800. The predicted molar refractivity (Wildman–Crippen MR) is 55.7 cm³/mol. The van der Waals surface area contributed by atoms with Crippen LogP contribution in [0.25, 0.3) is 0 Å². The summed E-state index contributed by atoms with van der Waals surface area (Å²) in [6.45, 7) is 5.06. The molecule has 13 heavy (non-hydrogen) atoms. The summed E-state index contributed by atoms with van der Waals surface area (Å²) >= 11 is 0. The summed E-state index contributed by atoms with van der Waals surface area (Å²) in [4.78, 5) is 0. The summed E-state index contributed by atoms with van der Waals surface area (Å²) in [5.41, 5.74) is 6.22. The van der Waals surface area contributed by atoms with Gasteiger partial charge in [0.15, 0.2) is 0 Å². The molecule has 1 atom stereocenters. The van der Waals surface area contributed by atoms with Crippen LogP contribution in [0.4, 0.5) is 0 Å². The van der Waals surface area contributed by atoms with Gasteiger partial charge in [0.1, 0.15) is 0 Å². The van der Waals surface area contributed by atoms with Crippen LogP contribution in [0, 0.1) is 0 Å². The van der Waals surface area contributed by atoms with Gasteiger partial charge in [-0.25, -0.2) is 0 Å². The molecule has 1 aliphatic rings. The highest BCUT2D eigenvalue weighted by Gasteiger charge is 2.39. The molecule has 0 saturated heterocycles. The van der Waals surface area contributed by atoms with Gasteiger partial charge in [-0.15, -0.1) is 0 Å². The van der Waals surface area contributed by atoms with Crippen molar-refractivity contribution in [2.24, 2.45) is 5.73 Å². The second-order valence-electron chi connectivity index (χ2n) is 4.10. The number of nitrogens with two attached hydrogens (primary N) is 1. The van der Waals surface area contributed by atoms with Gasteiger partial charge in [-0.05, 0) is 26.2 Å². The number of rotatable bonds is 5. The molecule has 0 bridgehead atoms. The van der Waals surface area contributed by atoms with Crippen molar-refractivity contribution in [2.75, 3.05) is 6.61 Å². The van der Waals surface area contributed by atoms with E-state index in [-0.39, 0.29) is 11.6 Å². The predicted octanol–water partition coefficient (Wildman–Crippen LogP) is 2.46. The number of hydrogen-bond donors (Lipinski definition) is 1. The molecule has 0 amide bonds. The van der Waals surface area contributed by atoms with E-state index in [1.54, 1.807) is 0 Å². The molecule has 1 rings (SSSR count). The molecule has 0 spiro atoms. The van der Waals surface area contributed by atoms with Crippen molar-refractivity contribution in [3.05, 3.63) is 0 Å². The lowest BCUT2D eigenvalue weighted by molar-refractivity contribution is -0.0543. The Morgan fingerprint density at radius 2 is 1.92 bits per heavy atom. The molecule has 0 unspecified atom stereocenters. The first-order chi connectivity index (χ1) is 6.25. The second kappa shape index (κ2) is 4.97. The van der Waals surface area contributed by atoms with Crippen LogP contribution in [0.15, 0.2) is 0 Å². The molecule has 2 heteroatoms. The molecule has 0 aliphatic heterocycles. The van der Waals surface area contributed by atoms with E-state index in [0.29, 0.717) is 0 Å². The van der Waals surface area contributed by atoms with E-state index >= 15 is 0 Å². The maximum Gasteiger partial charge on any atom is 0.0832 e. The van der Waals surface area contributed by atoms with Crippen LogP contribution in [0.5, 0.6) is 0 Å². The summed E-state index contributed by atoms with van der Waals surface area (Å²) < 4.78 is 5.88. The van der Waals surface area contributed by atoms with Crippen molar-refractivity contribution in [2.45, 2.75) is 64.0 Å². The Labute approximate surface area is 81.8 Å². The van der Waals surface area contributed by atoms with Crippen molar-refractivity contribution in [1.82, 2.24) is 0 Å². The van der Waals surface area contributed by atoms with Crippen molar-refractivity contribution in [3.63, 3.8) is 0 Å². The van der Waals surface area contributed by atoms with E-state index in [1.165, 1.54) is 25.7 Å². The zero-order valence-corrected chi connectivity index (χ0v) is 9.01. The third-order valence-corrected chi connectivity index (χ3v) is 3.16. The van der Waals surface area contributed by atoms with Crippen LogP contribution in [0.3, 0.4) is 0 Å². The van der Waals surface area contributed by atoms with E-state index < -0.39 is 0 Å². The Morgan fingerprint density at radius 1 is 1.31 bits per heavy atom. The number of ether oxygens (including phenoxy) is 1. The molecule has 2 nitrogen and oxygen atoms in total. The third kappa shape index (κ3) is 2.44. The highest BCUT2D eigenvalue weighted by atomic mass is 16.5. The van der Waals surface area contributed by atoms with Crippen LogP contribution in [-0.4, -0.2) is 18.2 Å². The average Bonchev–Trinajstić information content (AvgIpc) is 2.55. The topological polar surface area (TPSA) is 35.2 Å². The SMILES string of the molecule is CCC[C@@H](N)C1(OCC)CCCC1. The van der Waals surface area contributed by atoms with Crippen LogP contribution in [-0.2, 0) is 4.74 Å². The highest BCUT2D eigenvalue weighted by Crippen LogP contribution is 2.36. The quantitative estimate of drug-likeness (QED) is 0.714. The maximum absolute atomic E-state index is 6.19. The van der Waals surface area contributed by atoms with Crippen LogP contribution < -0.4 is 5.73 Å². The minimum Gasteiger partial charge on any atom is -0.374 e. The van der Waals surface area contributed by atoms with E-state index in [9.17, 15) is 0 Å². The van der Waals surface area contributed by atoms with Gasteiger partial charge in [-0.1, -0.05) is 26.2 Å². The minimum absolute atomic E-state index is 0.0325. The summed E-state index contributed by atoms with van der Waals surface area (Å²) in [6.07, 6.45) is 7.18. The molecule has 78 valence electrons. The lowest BCUT2D eigenvalue weighted by Gasteiger charge is -2.35. The Bertz CT molecular complexity index is 141. The van der Waals surface area contributed by atoms with Gasteiger partial charge in [0, 0.05) is 12.6 Å². The lowest BCUT2D eigenvalue weighted by atomic mass is 9.89. The summed E-state index contributed by atoms with van der Waals surface area (Å²) in [5.74, 6) is 0. The molecular formula is C11H23NO. The Kier molecular flexibility index (Phi) is 4.20. The highest BCUT2D eigenvalue weighted by molar-refractivity contribution is 4.95. The molecule has 1 aliphatic carbocycles. The number of hydrogen-bond acceptors (Lipinski definition) is 2. The Morgan fingerprint density at radius 3 is 2.38 bits per heavy atom. The zero-order valence-electron chi connectivity index (χ0n) is 9.01. The van der Waals surface area contributed by atoms with Crippen LogP contribution >= 0.6 is 0 Å². The van der Waals surface area contributed by atoms with E-state index in [0.717, 1.165) is 19.4 Å². The first-order valence-electron chi connectivity index (χ1n) is 5.64. The summed E-state index contributed by atoms with van der Waals surface area (Å²) in [6, 6.07) is 0.250. The second-order valence-corrected chi connectivity index (χ2v) is 4.10. The minimum atomic E-state index is 0.0325. The molecule has 0 aromatic rings. The fourth-order valence-electron chi connectivity index (χ4n) is 2.46. The first kappa shape index (κ1) is 11.0. The van der Waals surface area contributed by atoms with Crippen LogP contribution in [0.1, 0.15) is 52.4 Å². The van der Waals surface area contributed by atoms with E-state index in [4.69, 9.17) is 10.5 Å². The van der Waals surface area contributed by atoms with Crippen molar-refractivity contribution < 1.29 is 4.74 Å². The zero-order chi connectivity index (χ0) is 9.73. The Balaban J connectivity index is 2.54. The normalized spacial score (nSPS) is 23.3. The van der Waals surface area contributed by atoms with Gasteiger partial charge in [0.2, 0.25) is 0 Å². The molecule has 0 heterocycles. The molecule has 0 aromatic carbocycles. The fourth-order valence-corrected chi connectivity index (χ4v) is 2.46. The molecule has 0 radical (unpaired) electrons. The van der Waals surface area contributed by atoms with Gasteiger partial charge >= 0.3 is 0 Å². The first-order valence-corrected chi connectivity index (χ1v) is 5.64. The summed E-state index contributed by atoms with van der Waals surface area (Å²) in [5, 5.41) is 0. The van der Waals surface area contributed by atoms with Gasteiger partial charge in [0.05, 0.1) is 5.60 Å². The maximum atomic E-state index is 6.19. The van der Waals surface area contributed by atoms with Crippen molar-refractivity contribution in [3.8, 4) is 0 Å². The van der Waals surface area contributed by atoms with Gasteiger partial charge < -0.3 is 10.5 Å². The van der Waals surface area contributed by atoms with Gasteiger partial charge in [-0.3, -0.25) is 0 Å². The molecule has 1 fully saturated rings. The molecule has 1 saturated carbocycles. The standard InChI is InChI=1S/C11H23NO/c1-3-7-10(12)11(13-4-2)8-5-6-9-11/h10H,3-9,12H2,1-2H3/t10-/m1/s1. The summed E-state index contributed by atoms with van der Waals surface area (Å²) in [7, 11) is 0. The van der Waals surface area contributed by atoms with Crippen molar-refractivity contribution >= 4 is 0 Å². The van der Waals surface area contributed by atoms with E-state index in [2.05, 4.69) is 13.8 Å². The van der Waals surface area contributed by atoms with Gasteiger partial charge in [-0.2, -0.15) is 0 Å². The van der Waals surface area contributed by atoms with Crippen molar-refractivity contribution in [1.29, 1.82) is 0 Å².